The molecule has 0 unspecified atom stereocenters. The summed E-state index contributed by atoms with van der Waals surface area (Å²) < 4.78 is 24.5. The van der Waals surface area contributed by atoms with E-state index in [1.54, 1.807) is 20.8 Å². The van der Waals surface area contributed by atoms with Crippen molar-refractivity contribution < 1.29 is 43.2 Å². The van der Waals surface area contributed by atoms with E-state index >= 15 is 0 Å². The Hall–Kier alpha value is -2.49. The third kappa shape index (κ3) is 20.1. The Morgan fingerprint density at radius 3 is 1.14 bits per heavy atom. The van der Waals surface area contributed by atoms with Gasteiger partial charge in [0.2, 0.25) is 0 Å². The van der Waals surface area contributed by atoms with Gasteiger partial charge in [0.1, 0.15) is 19.8 Å². The van der Waals surface area contributed by atoms with E-state index in [4.69, 9.17) is 24.1 Å². The minimum Gasteiger partial charge on any atom is -0.460 e. The normalized spacial score (nSPS) is 9.52. The van der Waals surface area contributed by atoms with Crippen molar-refractivity contribution in [3.05, 3.63) is 36.5 Å². The zero-order valence-electron chi connectivity index (χ0n) is 17.5. The van der Waals surface area contributed by atoms with E-state index in [2.05, 4.69) is 24.5 Å². The second-order valence-electron chi connectivity index (χ2n) is 5.70. The van der Waals surface area contributed by atoms with E-state index in [0.717, 1.165) is 0 Å². The van der Waals surface area contributed by atoms with E-state index in [0.29, 0.717) is 43.1 Å². The van der Waals surface area contributed by atoms with Gasteiger partial charge in [0.15, 0.2) is 0 Å². The molecule has 0 amide bonds. The van der Waals surface area contributed by atoms with Crippen molar-refractivity contribution in [3.8, 4) is 0 Å². The Bertz CT molecular complexity index is 518. The number of hydrogen-bond acceptors (Lipinski definition) is 9. The molecule has 0 saturated carbocycles. The number of aliphatic hydroxyl groups is 1. The van der Waals surface area contributed by atoms with Gasteiger partial charge in [-0.2, -0.15) is 0 Å². The summed E-state index contributed by atoms with van der Waals surface area (Å²) in [7, 11) is 0. The van der Waals surface area contributed by atoms with Gasteiger partial charge in [-0.05, 0) is 20.8 Å². The number of aliphatic hydroxyl groups excluding tert-OH is 1. The highest BCUT2D eigenvalue weighted by Crippen LogP contribution is 1.93. The second kappa shape index (κ2) is 18.9. The van der Waals surface area contributed by atoms with Crippen molar-refractivity contribution >= 4 is 17.9 Å². The first kappa shape index (κ1) is 28.7. The van der Waals surface area contributed by atoms with Crippen molar-refractivity contribution in [2.75, 3.05) is 52.9 Å². The molecule has 1 N–H and O–H groups in total. The Labute approximate surface area is 171 Å². The largest absolute Gasteiger partial charge is 0.460 e. The number of carbonyl (C=O) groups is 3. The molecule has 0 aliphatic heterocycles. The van der Waals surface area contributed by atoms with Crippen LogP contribution in [-0.2, 0) is 38.1 Å². The smallest absolute Gasteiger partial charge is 0.333 e. The number of ether oxygens (including phenoxy) is 5. The molecule has 0 heterocycles. The first-order chi connectivity index (χ1) is 13.6. The van der Waals surface area contributed by atoms with Gasteiger partial charge in [-0.25, -0.2) is 14.4 Å². The maximum absolute atomic E-state index is 11.0. The van der Waals surface area contributed by atoms with Crippen molar-refractivity contribution in [2.24, 2.45) is 0 Å². The molecule has 0 aliphatic rings. The SMILES string of the molecule is C=C(C)C(=O)OCCO.C=C(C)C(=O)OCCOCCOCCOC(=O)C(=C)C. The van der Waals surface area contributed by atoms with Crippen LogP contribution in [-0.4, -0.2) is 75.9 Å². The van der Waals surface area contributed by atoms with Crippen LogP contribution in [0, 0.1) is 0 Å². The van der Waals surface area contributed by atoms with Crippen LogP contribution >= 0.6 is 0 Å². The summed E-state index contributed by atoms with van der Waals surface area (Å²) in [6.45, 7) is 16.6. The van der Waals surface area contributed by atoms with Crippen LogP contribution in [0.5, 0.6) is 0 Å². The number of hydrogen-bond donors (Lipinski definition) is 1. The summed E-state index contributed by atoms with van der Waals surface area (Å²) in [5.41, 5.74) is 1.07. The maximum Gasteiger partial charge on any atom is 0.333 e. The molecule has 0 saturated heterocycles. The predicted molar refractivity (Wildman–Crippen MR) is 106 cm³/mol. The average molecular weight is 416 g/mol. The van der Waals surface area contributed by atoms with Gasteiger partial charge >= 0.3 is 17.9 Å². The highest BCUT2D eigenvalue weighted by Gasteiger charge is 2.03. The van der Waals surface area contributed by atoms with Gasteiger partial charge in [-0.15, -0.1) is 0 Å². The molecule has 9 nitrogen and oxygen atoms in total. The van der Waals surface area contributed by atoms with Gasteiger partial charge in [0, 0.05) is 16.7 Å². The molecule has 0 radical (unpaired) electrons. The van der Waals surface area contributed by atoms with Gasteiger partial charge < -0.3 is 28.8 Å². The summed E-state index contributed by atoms with van der Waals surface area (Å²) in [6, 6.07) is 0. The van der Waals surface area contributed by atoms with E-state index < -0.39 is 17.9 Å². The number of carbonyl (C=O) groups excluding carboxylic acids is 3. The van der Waals surface area contributed by atoms with Gasteiger partial charge in [0.25, 0.3) is 0 Å². The second-order valence-corrected chi connectivity index (χ2v) is 5.70. The van der Waals surface area contributed by atoms with E-state index in [1.807, 2.05) is 0 Å². The highest BCUT2D eigenvalue weighted by molar-refractivity contribution is 5.87. The van der Waals surface area contributed by atoms with Crippen LogP contribution in [0.2, 0.25) is 0 Å². The van der Waals surface area contributed by atoms with E-state index in [-0.39, 0.29) is 26.4 Å². The molecule has 0 fully saturated rings. The first-order valence-electron chi connectivity index (χ1n) is 8.87. The zero-order chi connectivity index (χ0) is 22.7. The van der Waals surface area contributed by atoms with Crippen LogP contribution in [0.3, 0.4) is 0 Å². The van der Waals surface area contributed by atoms with Gasteiger partial charge in [0.05, 0.1) is 33.0 Å². The van der Waals surface area contributed by atoms with Crippen LogP contribution in [0.4, 0.5) is 0 Å². The fourth-order valence-corrected chi connectivity index (χ4v) is 1.22. The first-order valence-corrected chi connectivity index (χ1v) is 8.87. The minimum atomic E-state index is -0.455. The molecular weight excluding hydrogens is 384 g/mol. The Kier molecular flexibility index (Phi) is 18.7. The van der Waals surface area contributed by atoms with E-state index in [9.17, 15) is 14.4 Å². The number of esters is 3. The Morgan fingerprint density at radius 1 is 0.586 bits per heavy atom. The van der Waals surface area contributed by atoms with Gasteiger partial charge in [-0.3, -0.25) is 0 Å². The molecule has 0 rings (SSSR count). The molecule has 0 aromatic heterocycles. The van der Waals surface area contributed by atoms with E-state index in [1.165, 1.54) is 0 Å². The lowest BCUT2D eigenvalue weighted by Gasteiger charge is -2.07. The molecule has 166 valence electrons. The van der Waals surface area contributed by atoms with Crippen LogP contribution in [0.15, 0.2) is 36.5 Å². The average Bonchev–Trinajstić information content (AvgIpc) is 2.67. The fourth-order valence-electron chi connectivity index (χ4n) is 1.22. The molecule has 0 aromatic carbocycles. The van der Waals surface area contributed by atoms with Gasteiger partial charge in [-0.1, -0.05) is 19.7 Å². The lowest BCUT2D eigenvalue weighted by Crippen LogP contribution is -2.15. The summed E-state index contributed by atoms with van der Waals surface area (Å²) in [5, 5.41) is 8.19. The molecular formula is C20H32O9. The third-order valence-corrected chi connectivity index (χ3v) is 2.66. The van der Waals surface area contributed by atoms with Crippen molar-refractivity contribution in [2.45, 2.75) is 20.8 Å². The molecule has 0 aliphatic carbocycles. The fraction of sp³-hybridized carbons (Fsp3) is 0.550. The molecule has 9 heteroatoms. The molecule has 0 bridgehead atoms. The van der Waals surface area contributed by atoms with Crippen molar-refractivity contribution in [3.63, 3.8) is 0 Å². The van der Waals surface area contributed by atoms with Crippen LogP contribution < -0.4 is 0 Å². The lowest BCUT2D eigenvalue weighted by molar-refractivity contribution is -0.142. The predicted octanol–water partition coefficient (Wildman–Crippen LogP) is 1.36. The summed E-state index contributed by atoms with van der Waals surface area (Å²) in [4.78, 5) is 32.5. The highest BCUT2D eigenvalue weighted by atomic mass is 16.6. The monoisotopic (exact) mass is 416 g/mol. The van der Waals surface area contributed by atoms with Crippen molar-refractivity contribution in [1.29, 1.82) is 0 Å². The topological polar surface area (TPSA) is 118 Å². The molecule has 29 heavy (non-hydrogen) atoms. The quantitative estimate of drug-likeness (QED) is 0.194. The lowest BCUT2D eigenvalue weighted by atomic mass is 10.4. The standard InChI is InChI=1S/C14H22O6.C6H10O3/c1-11(2)13(15)19-9-7-17-5-6-18-8-10-20-14(16)12(3)4;1-5(2)6(8)9-4-3-7/h1,3,5-10H2,2,4H3;7H,1,3-4H2,2H3. The third-order valence-electron chi connectivity index (χ3n) is 2.66. The van der Waals surface area contributed by atoms with Crippen LogP contribution in [0.25, 0.3) is 0 Å². The molecule has 0 atom stereocenters. The van der Waals surface area contributed by atoms with Crippen molar-refractivity contribution in [1.82, 2.24) is 0 Å². The minimum absolute atomic E-state index is 0.0473. The summed E-state index contributed by atoms with van der Waals surface area (Å²) in [6.07, 6.45) is 0. The van der Waals surface area contributed by atoms with Crippen LogP contribution in [0.1, 0.15) is 20.8 Å². The Balaban J connectivity index is 0. The number of rotatable bonds is 14. The molecule has 0 aromatic rings. The zero-order valence-corrected chi connectivity index (χ0v) is 17.5. The molecule has 0 spiro atoms. The summed E-state index contributed by atoms with van der Waals surface area (Å²) >= 11 is 0. The maximum atomic E-state index is 11.0. The summed E-state index contributed by atoms with van der Waals surface area (Å²) in [5.74, 6) is -1.31. The Morgan fingerprint density at radius 2 is 0.862 bits per heavy atom.